The second kappa shape index (κ2) is 8.49. The Labute approximate surface area is 128 Å². The monoisotopic (exact) mass is 287 g/mol. The molecule has 0 radical (unpaired) electrons. The topological polar surface area (TPSA) is 40.5 Å². The van der Waals surface area contributed by atoms with Gasteiger partial charge in [-0.3, -0.25) is 4.79 Å². The summed E-state index contributed by atoms with van der Waals surface area (Å²) in [6, 6.07) is 7.24. The van der Waals surface area contributed by atoms with Gasteiger partial charge in [0, 0.05) is 24.2 Å². The van der Waals surface area contributed by atoms with Crippen LogP contribution in [0.25, 0.3) is 0 Å². The van der Waals surface area contributed by atoms with E-state index < -0.39 is 0 Å². The van der Waals surface area contributed by atoms with Crippen molar-refractivity contribution in [3.63, 3.8) is 0 Å². The molecule has 0 atom stereocenters. The molecule has 1 aromatic carbocycles. The zero-order valence-electron chi connectivity index (χ0n) is 13.4. The predicted molar refractivity (Wildman–Crippen MR) is 86.0 cm³/mol. The third kappa shape index (κ3) is 6.01. The summed E-state index contributed by atoms with van der Waals surface area (Å²) in [6.45, 7) is 9.86. The van der Waals surface area contributed by atoms with Crippen LogP contribution in [0.1, 0.15) is 43.6 Å². The fourth-order valence-corrected chi connectivity index (χ4v) is 2.14. The molecule has 0 aliphatic carbocycles. The molecule has 0 unspecified atom stereocenters. The van der Waals surface area contributed by atoms with Gasteiger partial charge < -0.3 is 10.0 Å². The molecule has 1 N–H and O–H groups in total. The number of nitrogens with zero attached hydrogens (tertiary/aromatic N) is 1. The van der Waals surface area contributed by atoms with Crippen molar-refractivity contribution in [1.82, 2.24) is 4.90 Å². The smallest absolute Gasteiger partial charge is 0.253 e. The second-order valence-electron chi connectivity index (χ2n) is 6.04. The molecule has 0 fully saturated rings. The maximum Gasteiger partial charge on any atom is 0.253 e. The summed E-state index contributed by atoms with van der Waals surface area (Å²) in [5.74, 6) is 6.39. The Hall–Kier alpha value is -1.79. The van der Waals surface area contributed by atoms with Crippen LogP contribution in [0, 0.1) is 23.7 Å². The summed E-state index contributed by atoms with van der Waals surface area (Å²) in [5, 5.41) is 8.68. The van der Waals surface area contributed by atoms with Crippen molar-refractivity contribution in [3.05, 3.63) is 35.4 Å². The summed E-state index contributed by atoms with van der Waals surface area (Å²) >= 11 is 0. The first kappa shape index (κ1) is 17.3. The zero-order valence-corrected chi connectivity index (χ0v) is 13.4. The van der Waals surface area contributed by atoms with Gasteiger partial charge in [-0.2, -0.15) is 0 Å². The van der Waals surface area contributed by atoms with Gasteiger partial charge in [0.05, 0.1) is 0 Å². The first-order chi connectivity index (χ1) is 9.93. The van der Waals surface area contributed by atoms with Crippen LogP contribution in [0.3, 0.4) is 0 Å². The van der Waals surface area contributed by atoms with E-state index in [-0.39, 0.29) is 12.5 Å². The van der Waals surface area contributed by atoms with Crippen molar-refractivity contribution in [2.24, 2.45) is 11.8 Å². The van der Waals surface area contributed by atoms with Crippen molar-refractivity contribution in [1.29, 1.82) is 0 Å². The highest BCUT2D eigenvalue weighted by molar-refractivity contribution is 5.94. The van der Waals surface area contributed by atoms with Crippen LogP contribution >= 0.6 is 0 Å². The van der Waals surface area contributed by atoms with E-state index in [4.69, 9.17) is 5.11 Å². The Balaban J connectivity index is 2.87. The molecule has 3 nitrogen and oxygen atoms in total. The van der Waals surface area contributed by atoms with Gasteiger partial charge in [-0.25, -0.2) is 0 Å². The van der Waals surface area contributed by atoms with Crippen LogP contribution in [-0.4, -0.2) is 35.6 Å². The predicted octanol–water partition coefficient (Wildman–Crippen LogP) is 2.78. The Morgan fingerprint density at radius 2 is 1.62 bits per heavy atom. The highest BCUT2D eigenvalue weighted by Gasteiger charge is 2.17. The van der Waals surface area contributed by atoms with E-state index in [0.717, 1.165) is 18.7 Å². The minimum absolute atomic E-state index is 0.0686. The molecule has 1 amide bonds. The molecule has 0 heterocycles. The summed E-state index contributed by atoms with van der Waals surface area (Å²) in [5.41, 5.74) is 1.49. The standard InChI is InChI=1S/C18H25NO2/c1-14(2)12-19(13-15(3)4)18(21)17-9-7-16(8-10-17)6-5-11-20/h7-10,14-15,20H,11-13H2,1-4H3. The zero-order chi connectivity index (χ0) is 15.8. The lowest BCUT2D eigenvalue weighted by Gasteiger charge is -2.26. The molecule has 0 saturated carbocycles. The molecule has 0 aliphatic rings. The number of hydrogen-bond acceptors (Lipinski definition) is 2. The van der Waals surface area contributed by atoms with E-state index in [1.165, 1.54) is 0 Å². The average Bonchev–Trinajstić information content (AvgIpc) is 2.43. The molecule has 114 valence electrons. The Morgan fingerprint density at radius 1 is 1.10 bits per heavy atom. The van der Waals surface area contributed by atoms with Crippen molar-refractivity contribution < 1.29 is 9.90 Å². The van der Waals surface area contributed by atoms with E-state index in [2.05, 4.69) is 39.5 Å². The third-order valence-electron chi connectivity index (χ3n) is 2.90. The lowest BCUT2D eigenvalue weighted by molar-refractivity contribution is 0.0715. The van der Waals surface area contributed by atoms with E-state index in [9.17, 15) is 4.79 Å². The molecule has 0 aliphatic heterocycles. The Bertz CT molecular complexity index is 496. The van der Waals surface area contributed by atoms with Gasteiger partial charge in [-0.15, -0.1) is 0 Å². The summed E-state index contributed by atoms with van der Waals surface area (Å²) < 4.78 is 0. The molecule has 1 aromatic rings. The number of benzene rings is 1. The van der Waals surface area contributed by atoms with E-state index in [1.807, 2.05) is 17.0 Å². The molecular weight excluding hydrogens is 262 g/mol. The summed E-state index contributed by atoms with van der Waals surface area (Å²) in [6.07, 6.45) is 0. The van der Waals surface area contributed by atoms with Gasteiger partial charge >= 0.3 is 0 Å². The first-order valence-electron chi connectivity index (χ1n) is 7.43. The molecule has 0 aromatic heterocycles. The van der Waals surface area contributed by atoms with Crippen LogP contribution in [0.15, 0.2) is 24.3 Å². The van der Waals surface area contributed by atoms with Crippen LogP contribution in [0.4, 0.5) is 0 Å². The van der Waals surface area contributed by atoms with Crippen LogP contribution in [0.5, 0.6) is 0 Å². The molecule has 21 heavy (non-hydrogen) atoms. The number of carbonyl (C=O) groups is 1. The van der Waals surface area contributed by atoms with E-state index >= 15 is 0 Å². The largest absolute Gasteiger partial charge is 0.384 e. The van der Waals surface area contributed by atoms with Gasteiger partial charge in [-0.05, 0) is 36.1 Å². The van der Waals surface area contributed by atoms with Crippen molar-refractivity contribution in [2.75, 3.05) is 19.7 Å². The number of aliphatic hydroxyl groups is 1. The van der Waals surface area contributed by atoms with Crippen molar-refractivity contribution in [3.8, 4) is 11.8 Å². The summed E-state index contributed by atoms with van der Waals surface area (Å²) in [4.78, 5) is 14.5. The van der Waals surface area contributed by atoms with E-state index in [1.54, 1.807) is 12.1 Å². The van der Waals surface area contributed by atoms with Gasteiger partial charge in [-0.1, -0.05) is 39.5 Å². The Morgan fingerprint density at radius 3 is 2.05 bits per heavy atom. The number of aliphatic hydroxyl groups excluding tert-OH is 1. The minimum atomic E-state index is -0.156. The lowest BCUT2D eigenvalue weighted by atomic mass is 10.1. The third-order valence-corrected chi connectivity index (χ3v) is 2.90. The SMILES string of the molecule is CC(C)CN(CC(C)C)C(=O)c1ccc(C#CCO)cc1. The van der Waals surface area contributed by atoms with Gasteiger partial charge in [0.25, 0.3) is 5.91 Å². The second-order valence-corrected chi connectivity index (χ2v) is 6.04. The lowest BCUT2D eigenvalue weighted by Crippen LogP contribution is -2.37. The Kier molecular flexibility index (Phi) is 6.98. The fourth-order valence-electron chi connectivity index (χ4n) is 2.14. The first-order valence-corrected chi connectivity index (χ1v) is 7.43. The van der Waals surface area contributed by atoms with Crippen LogP contribution in [0.2, 0.25) is 0 Å². The number of carbonyl (C=O) groups excluding carboxylic acids is 1. The molecular formula is C18H25NO2. The molecule has 0 bridgehead atoms. The highest BCUT2D eigenvalue weighted by atomic mass is 16.2. The summed E-state index contributed by atoms with van der Waals surface area (Å²) in [7, 11) is 0. The van der Waals surface area contributed by atoms with Gasteiger partial charge in [0.2, 0.25) is 0 Å². The molecule has 0 spiro atoms. The van der Waals surface area contributed by atoms with Crippen molar-refractivity contribution >= 4 is 5.91 Å². The average molecular weight is 287 g/mol. The molecule has 3 heteroatoms. The molecule has 1 rings (SSSR count). The van der Waals surface area contributed by atoms with Crippen molar-refractivity contribution in [2.45, 2.75) is 27.7 Å². The highest BCUT2D eigenvalue weighted by Crippen LogP contribution is 2.11. The number of rotatable bonds is 5. The van der Waals surface area contributed by atoms with Crippen LogP contribution < -0.4 is 0 Å². The molecule has 0 saturated heterocycles. The van der Waals surface area contributed by atoms with Gasteiger partial charge in [0.15, 0.2) is 0 Å². The fraction of sp³-hybridized carbons (Fsp3) is 0.500. The normalized spacial score (nSPS) is 10.4. The minimum Gasteiger partial charge on any atom is -0.384 e. The number of amides is 1. The number of hydrogen-bond donors (Lipinski definition) is 1. The maximum atomic E-state index is 12.6. The van der Waals surface area contributed by atoms with Crippen LogP contribution in [-0.2, 0) is 0 Å². The van der Waals surface area contributed by atoms with Gasteiger partial charge in [0.1, 0.15) is 6.61 Å². The van der Waals surface area contributed by atoms with E-state index in [0.29, 0.717) is 17.4 Å². The quantitative estimate of drug-likeness (QED) is 0.846. The maximum absolute atomic E-state index is 12.6.